The summed E-state index contributed by atoms with van der Waals surface area (Å²) in [6.45, 7) is 0. The molecule has 96 valence electrons. The lowest BCUT2D eigenvalue weighted by atomic mass is 10.1. The van der Waals surface area contributed by atoms with Gasteiger partial charge in [0, 0.05) is 11.3 Å². The van der Waals surface area contributed by atoms with E-state index < -0.39 is 17.7 Å². The number of carbonyl (C=O) groups is 2. The quantitative estimate of drug-likeness (QED) is 0.890. The number of hydrogen-bond donors (Lipinski definition) is 2. The summed E-state index contributed by atoms with van der Waals surface area (Å²) < 4.78 is 12.7. The monoisotopic (exact) mass is 259 g/mol. The van der Waals surface area contributed by atoms with Crippen LogP contribution in [0.5, 0.6) is 0 Å². The van der Waals surface area contributed by atoms with Gasteiger partial charge in [0.15, 0.2) is 0 Å². The number of halogens is 1. The Morgan fingerprint density at radius 1 is 1.00 bits per heavy atom. The van der Waals surface area contributed by atoms with E-state index in [1.54, 1.807) is 6.07 Å². The minimum atomic E-state index is -1.07. The molecule has 4 nitrogen and oxygen atoms in total. The van der Waals surface area contributed by atoms with Crippen molar-refractivity contribution in [2.45, 2.75) is 0 Å². The van der Waals surface area contributed by atoms with Crippen LogP contribution in [0.3, 0.4) is 0 Å². The predicted octanol–water partition coefficient (Wildman–Crippen LogP) is 2.78. The first-order valence-electron chi connectivity index (χ1n) is 5.46. The molecule has 0 aliphatic rings. The predicted molar refractivity (Wildman–Crippen MR) is 67.8 cm³/mol. The van der Waals surface area contributed by atoms with Gasteiger partial charge in [-0.2, -0.15) is 0 Å². The molecule has 0 aliphatic heterocycles. The van der Waals surface area contributed by atoms with E-state index >= 15 is 0 Å². The second-order valence-corrected chi connectivity index (χ2v) is 3.85. The summed E-state index contributed by atoms with van der Waals surface area (Å²) in [5.41, 5.74) is 0.744. The van der Waals surface area contributed by atoms with Gasteiger partial charge in [-0.15, -0.1) is 0 Å². The maximum Gasteiger partial charge on any atom is 0.335 e. The minimum Gasteiger partial charge on any atom is -0.478 e. The first kappa shape index (κ1) is 12.8. The summed E-state index contributed by atoms with van der Waals surface area (Å²) in [5.74, 6) is -1.93. The van der Waals surface area contributed by atoms with E-state index in [1.165, 1.54) is 42.5 Å². The largest absolute Gasteiger partial charge is 0.478 e. The van der Waals surface area contributed by atoms with Gasteiger partial charge < -0.3 is 10.4 Å². The molecule has 5 heteroatoms. The fourth-order valence-electron chi connectivity index (χ4n) is 1.53. The van der Waals surface area contributed by atoms with Gasteiger partial charge in [-0.1, -0.05) is 6.07 Å². The van der Waals surface area contributed by atoms with Crippen LogP contribution in [0.25, 0.3) is 0 Å². The number of amides is 1. The van der Waals surface area contributed by atoms with Crippen LogP contribution in [0.1, 0.15) is 20.7 Å². The number of hydrogen-bond acceptors (Lipinski definition) is 2. The van der Waals surface area contributed by atoms with Gasteiger partial charge in [-0.25, -0.2) is 9.18 Å². The third-order valence-electron chi connectivity index (χ3n) is 2.47. The van der Waals surface area contributed by atoms with Gasteiger partial charge in [-0.3, -0.25) is 4.79 Å². The molecule has 19 heavy (non-hydrogen) atoms. The number of benzene rings is 2. The topological polar surface area (TPSA) is 66.4 Å². The summed E-state index contributed by atoms with van der Waals surface area (Å²) in [5, 5.41) is 11.4. The van der Waals surface area contributed by atoms with Crippen LogP contribution >= 0.6 is 0 Å². The lowest BCUT2D eigenvalue weighted by molar-refractivity contribution is 0.0696. The molecule has 0 aliphatic carbocycles. The first-order chi connectivity index (χ1) is 9.06. The average Bonchev–Trinajstić information content (AvgIpc) is 2.39. The Kier molecular flexibility index (Phi) is 3.56. The van der Waals surface area contributed by atoms with Gasteiger partial charge in [0.2, 0.25) is 0 Å². The Hall–Kier alpha value is -2.69. The Labute approximate surface area is 108 Å². The molecule has 0 spiro atoms. The molecule has 0 atom stereocenters. The second kappa shape index (κ2) is 5.30. The molecule has 0 saturated heterocycles. The molecule has 2 aromatic rings. The van der Waals surface area contributed by atoms with Crippen LogP contribution in [-0.4, -0.2) is 17.0 Å². The maximum atomic E-state index is 12.7. The zero-order valence-electron chi connectivity index (χ0n) is 9.76. The van der Waals surface area contributed by atoms with Crippen LogP contribution in [0.15, 0.2) is 48.5 Å². The van der Waals surface area contributed by atoms with Crippen LogP contribution in [0, 0.1) is 5.82 Å². The SMILES string of the molecule is O=C(O)c1cccc(NC(=O)c2ccc(F)cc2)c1. The molecule has 0 saturated carbocycles. The van der Waals surface area contributed by atoms with Crippen molar-refractivity contribution in [2.24, 2.45) is 0 Å². The van der Waals surface area contributed by atoms with Crippen LogP contribution in [0.4, 0.5) is 10.1 Å². The zero-order valence-corrected chi connectivity index (χ0v) is 9.76. The molecular weight excluding hydrogens is 249 g/mol. The Morgan fingerprint density at radius 2 is 1.68 bits per heavy atom. The summed E-state index contributed by atoms with van der Waals surface area (Å²) in [6.07, 6.45) is 0. The molecule has 2 aromatic carbocycles. The smallest absolute Gasteiger partial charge is 0.335 e. The van der Waals surface area contributed by atoms with Crippen molar-refractivity contribution >= 4 is 17.6 Å². The fourth-order valence-corrected chi connectivity index (χ4v) is 1.53. The van der Waals surface area contributed by atoms with Crippen LogP contribution in [0.2, 0.25) is 0 Å². The molecule has 2 rings (SSSR count). The highest BCUT2D eigenvalue weighted by atomic mass is 19.1. The van der Waals surface area contributed by atoms with Crippen molar-refractivity contribution in [2.75, 3.05) is 5.32 Å². The maximum absolute atomic E-state index is 12.7. The summed E-state index contributed by atoms with van der Waals surface area (Å²) in [4.78, 5) is 22.6. The summed E-state index contributed by atoms with van der Waals surface area (Å²) in [6, 6.07) is 11.0. The van der Waals surface area contributed by atoms with E-state index in [2.05, 4.69) is 5.32 Å². The highest BCUT2D eigenvalue weighted by molar-refractivity contribution is 6.04. The van der Waals surface area contributed by atoms with Gasteiger partial charge in [0.05, 0.1) is 5.56 Å². The lowest BCUT2D eigenvalue weighted by Gasteiger charge is -2.06. The van der Waals surface area contributed by atoms with Gasteiger partial charge >= 0.3 is 5.97 Å². The van der Waals surface area contributed by atoms with E-state index in [1.807, 2.05) is 0 Å². The molecule has 0 bridgehead atoms. The van der Waals surface area contributed by atoms with Gasteiger partial charge in [-0.05, 0) is 42.5 Å². The third kappa shape index (κ3) is 3.16. The molecule has 1 amide bonds. The molecule has 0 radical (unpaired) electrons. The number of aromatic carboxylic acids is 1. The summed E-state index contributed by atoms with van der Waals surface area (Å²) in [7, 11) is 0. The van der Waals surface area contributed by atoms with Gasteiger partial charge in [0.1, 0.15) is 5.82 Å². The minimum absolute atomic E-state index is 0.0805. The Balaban J connectivity index is 2.17. The van der Waals surface area contributed by atoms with Crippen molar-refractivity contribution in [1.82, 2.24) is 0 Å². The van der Waals surface area contributed by atoms with Gasteiger partial charge in [0.25, 0.3) is 5.91 Å². The standard InChI is InChI=1S/C14H10FNO3/c15-11-6-4-9(5-7-11)13(17)16-12-3-1-2-10(8-12)14(18)19/h1-8H,(H,16,17)(H,18,19). The van der Waals surface area contributed by atoms with Crippen molar-refractivity contribution in [3.63, 3.8) is 0 Å². The highest BCUT2D eigenvalue weighted by Gasteiger charge is 2.08. The first-order valence-corrected chi connectivity index (χ1v) is 5.46. The van der Waals surface area contributed by atoms with E-state index in [-0.39, 0.29) is 5.56 Å². The Morgan fingerprint density at radius 3 is 2.32 bits per heavy atom. The number of rotatable bonds is 3. The number of carbonyl (C=O) groups excluding carboxylic acids is 1. The molecule has 2 N–H and O–H groups in total. The normalized spacial score (nSPS) is 9.95. The van der Waals surface area contributed by atoms with Crippen molar-refractivity contribution in [1.29, 1.82) is 0 Å². The van der Waals surface area contributed by atoms with E-state index in [0.29, 0.717) is 11.3 Å². The zero-order chi connectivity index (χ0) is 13.8. The van der Waals surface area contributed by atoms with Crippen molar-refractivity contribution in [3.05, 3.63) is 65.5 Å². The highest BCUT2D eigenvalue weighted by Crippen LogP contribution is 2.12. The molecule has 0 aromatic heterocycles. The average molecular weight is 259 g/mol. The number of carboxylic acid groups (broad SMARTS) is 1. The number of anilines is 1. The summed E-state index contributed by atoms with van der Waals surface area (Å²) >= 11 is 0. The number of nitrogens with one attached hydrogen (secondary N) is 1. The van der Waals surface area contributed by atoms with E-state index in [4.69, 9.17) is 5.11 Å². The number of carboxylic acids is 1. The van der Waals surface area contributed by atoms with E-state index in [9.17, 15) is 14.0 Å². The fraction of sp³-hybridized carbons (Fsp3) is 0. The van der Waals surface area contributed by atoms with Crippen LogP contribution in [-0.2, 0) is 0 Å². The van der Waals surface area contributed by atoms with Crippen LogP contribution < -0.4 is 5.32 Å². The molecule has 0 heterocycles. The van der Waals surface area contributed by atoms with Crippen molar-refractivity contribution < 1.29 is 19.1 Å². The second-order valence-electron chi connectivity index (χ2n) is 3.85. The van der Waals surface area contributed by atoms with Crippen molar-refractivity contribution in [3.8, 4) is 0 Å². The Bertz CT molecular complexity index is 623. The molecular formula is C14H10FNO3. The van der Waals surface area contributed by atoms with E-state index in [0.717, 1.165) is 0 Å². The molecule has 0 unspecified atom stereocenters. The lowest BCUT2D eigenvalue weighted by Crippen LogP contribution is -2.12. The molecule has 0 fully saturated rings. The third-order valence-corrected chi connectivity index (χ3v) is 2.47.